The number of esters is 1. The Balaban J connectivity index is 2.14. The van der Waals surface area contributed by atoms with E-state index in [2.05, 4.69) is 26.4 Å². The number of amides is 3. The number of nitrogens with two attached hydrogens (primary N) is 1. The van der Waals surface area contributed by atoms with E-state index in [1.165, 1.54) is 37.5 Å². The maximum atomic E-state index is 12.7. The number of anilines is 1. The Kier molecular flexibility index (Phi) is 11.1. The molecule has 6 N–H and O–H groups in total. The molecule has 3 amide bonds. The fourth-order valence-corrected chi connectivity index (χ4v) is 3.67. The number of benzene rings is 2. The van der Waals surface area contributed by atoms with Gasteiger partial charge in [-0.3, -0.25) is 19.2 Å². The van der Waals surface area contributed by atoms with Crippen LogP contribution in [0, 0.1) is 0 Å². The molecule has 0 aliphatic heterocycles. The number of nitrogens with one attached hydrogen (secondary N) is 4. The zero-order valence-corrected chi connectivity index (χ0v) is 21.1. The second-order valence-corrected chi connectivity index (χ2v) is 8.26. The second kappa shape index (κ2) is 14.0. The molecular formula is C23H26Cl2N6O5. The third-order valence-electron chi connectivity index (χ3n) is 4.50. The van der Waals surface area contributed by atoms with E-state index in [1.807, 2.05) is 0 Å². The average molecular weight is 537 g/mol. The molecule has 192 valence electrons. The highest BCUT2D eigenvalue weighted by atomic mass is 35.5. The van der Waals surface area contributed by atoms with Crippen LogP contribution >= 0.6 is 23.2 Å². The summed E-state index contributed by atoms with van der Waals surface area (Å²) in [7, 11) is 0. The maximum absolute atomic E-state index is 12.7. The van der Waals surface area contributed by atoms with E-state index in [0.29, 0.717) is 27.0 Å². The number of ether oxygens (including phenoxy) is 1. The molecule has 2 aromatic rings. The predicted octanol–water partition coefficient (Wildman–Crippen LogP) is 2.62. The fraction of sp³-hybridized carbons (Fsp3) is 0.261. The van der Waals surface area contributed by atoms with Crippen molar-refractivity contribution in [2.75, 3.05) is 18.5 Å². The van der Waals surface area contributed by atoms with Gasteiger partial charge in [0.25, 0.3) is 5.91 Å². The third kappa shape index (κ3) is 9.53. The first-order chi connectivity index (χ1) is 17.1. The molecule has 2 rings (SSSR count). The number of nitrogens with zero attached hydrogens (tertiary/aromatic N) is 1. The van der Waals surface area contributed by atoms with Crippen LogP contribution in [0.1, 0.15) is 42.2 Å². The molecule has 0 aromatic heterocycles. The van der Waals surface area contributed by atoms with Gasteiger partial charge in [-0.25, -0.2) is 10.8 Å². The molecule has 11 nitrogen and oxygen atoms in total. The van der Waals surface area contributed by atoms with E-state index in [-0.39, 0.29) is 24.5 Å². The molecule has 13 heteroatoms. The van der Waals surface area contributed by atoms with Crippen LogP contribution in [0.3, 0.4) is 0 Å². The van der Waals surface area contributed by atoms with Crippen molar-refractivity contribution < 1.29 is 23.9 Å². The molecule has 0 aliphatic rings. The summed E-state index contributed by atoms with van der Waals surface area (Å²) in [5, 5.41) is 8.42. The van der Waals surface area contributed by atoms with Crippen LogP contribution < -0.4 is 27.2 Å². The van der Waals surface area contributed by atoms with Crippen molar-refractivity contribution in [2.24, 2.45) is 10.8 Å². The van der Waals surface area contributed by atoms with Gasteiger partial charge >= 0.3 is 5.97 Å². The molecule has 0 saturated carbocycles. The first-order valence-corrected chi connectivity index (χ1v) is 11.5. The molecule has 0 spiro atoms. The van der Waals surface area contributed by atoms with Crippen LogP contribution in [-0.2, 0) is 19.1 Å². The topological polar surface area (TPSA) is 164 Å². The maximum Gasteiger partial charge on any atom is 0.308 e. The van der Waals surface area contributed by atoms with Crippen LogP contribution in [-0.4, -0.2) is 43.2 Å². The Morgan fingerprint density at radius 1 is 1.08 bits per heavy atom. The highest BCUT2D eigenvalue weighted by Crippen LogP contribution is 2.26. The molecule has 0 bridgehead atoms. The van der Waals surface area contributed by atoms with Crippen LogP contribution in [0.5, 0.6) is 0 Å². The summed E-state index contributed by atoms with van der Waals surface area (Å²) in [6.45, 7) is 2.76. The van der Waals surface area contributed by atoms with Gasteiger partial charge < -0.3 is 26.1 Å². The lowest BCUT2D eigenvalue weighted by atomic mass is 10.0. The van der Waals surface area contributed by atoms with Crippen molar-refractivity contribution in [3.05, 3.63) is 57.6 Å². The lowest BCUT2D eigenvalue weighted by Crippen LogP contribution is -2.39. The monoisotopic (exact) mass is 536 g/mol. The van der Waals surface area contributed by atoms with Crippen molar-refractivity contribution in [3.8, 4) is 0 Å². The van der Waals surface area contributed by atoms with Crippen molar-refractivity contribution in [2.45, 2.75) is 26.3 Å². The summed E-state index contributed by atoms with van der Waals surface area (Å²) in [5.74, 6) is 3.15. The van der Waals surface area contributed by atoms with Gasteiger partial charge in [0.05, 0.1) is 31.3 Å². The molecule has 2 aromatic carbocycles. The Bertz CT molecular complexity index is 1140. The standard InChI is InChI=1S/C23H26Cl2N6O5/c1-3-36-22(34)10-20(14-4-16(24)8-17(25)5-14)31-21(33)11-27-23(35)15-6-18(28-12-29-26)9-19(7-15)30-13(2)32/h4-9,12,20H,3,10-11,26H2,1-2H3,(H,27,35)(H,28,29)(H,30,32)(H,31,33). The zero-order chi connectivity index (χ0) is 26.7. The zero-order valence-electron chi connectivity index (χ0n) is 19.6. The first-order valence-electron chi connectivity index (χ1n) is 10.7. The Morgan fingerprint density at radius 2 is 1.78 bits per heavy atom. The number of carbonyl (C=O) groups excluding carboxylic acids is 4. The van der Waals surface area contributed by atoms with Crippen LogP contribution in [0.2, 0.25) is 10.0 Å². The van der Waals surface area contributed by atoms with Gasteiger partial charge in [-0.1, -0.05) is 23.2 Å². The Hall–Kier alpha value is -3.67. The molecular weight excluding hydrogens is 511 g/mol. The number of hydrogen-bond donors (Lipinski definition) is 5. The van der Waals surface area contributed by atoms with Gasteiger partial charge in [-0.2, -0.15) is 0 Å². The summed E-state index contributed by atoms with van der Waals surface area (Å²) in [6.07, 6.45) is 1.04. The van der Waals surface area contributed by atoms with Crippen molar-refractivity contribution in [3.63, 3.8) is 0 Å². The first kappa shape index (κ1) is 28.6. The molecule has 0 radical (unpaired) electrons. The SMILES string of the molecule is CCOC(=O)CC(NC(=O)CNC(=O)c1cc(N=CNN)cc(NC(C)=O)c1)c1cc(Cl)cc(Cl)c1. The van der Waals surface area contributed by atoms with Gasteiger partial charge in [0.2, 0.25) is 11.8 Å². The average Bonchev–Trinajstić information content (AvgIpc) is 2.79. The smallest absolute Gasteiger partial charge is 0.308 e. The van der Waals surface area contributed by atoms with Crippen molar-refractivity contribution >= 4 is 64.6 Å². The van der Waals surface area contributed by atoms with E-state index in [1.54, 1.807) is 19.1 Å². The molecule has 36 heavy (non-hydrogen) atoms. The fourth-order valence-electron chi connectivity index (χ4n) is 3.13. The normalized spacial score (nSPS) is 11.5. The van der Waals surface area contributed by atoms with Crippen LogP contribution in [0.15, 0.2) is 41.4 Å². The summed E-state index contributed by atoms with van der Waals surface area (Å²) in [6, 6.07) is 8.29. The van der Waals surface area contributed by atoms with Crippen LogP contribution in [0.25, 0.3) is 0 Å². The summed E-state index contributed by atoms with van der Waals surface area (Å²) < 4.78 is 4.99. The minimum absolute atomic E-state index is 0.142. The molecule has 1 unspecified atom stereocenters. The quantitative estimate of drug-likeness (QED) is 0.0967. The number of aliphatic imine (C=N–C) groups is 1. The van der Waals surface area contributed by atoms with Gasteiger partial charge in [0.1, 0.15) is 6.34 Å². The minimum atomic E-state index is -0.794. The Morgan fingerprint density at radius 3 is 2.39 bits per heavy atom. The summed E-state index contributed by atoms with van der Waals surface area (Å²) in [4.78, 5) is 52.9. The number of carbonyl (C=O) groups is 4. The highest BCUT2D eigenvalue weighted by molar-refractivity contribution is 6.34. The van der Waals surface area contributed by atoms with Crippen molar-refractivity contribution in [1.82, 2.24) is 16.1 Å². The number of halogens is 2. The predicted molar refractivity (Wildman–Crippen MR) is 137 cm³/mol. The third-order valence-corrected chi connectivity index (χ3v) is 4.93. The van der Waals surface area contributed by atoms with Gasteiger partial charge in [0, 0.05) is 28.2 Å². The largest absolute Gasteiger partial charge is 0.466 e. The van der Waals surface area contributed by atoms with Gasteiger partial charge in [0.15, 0.2) is 0 Å². The highest BCUT2D eigenvalue weighted by Gasteiger charge is 2.21. The van der Waals surface area contributed by atoms with Gasteiger partial charge in [-0.05, 0) is 48.9 Å². The lowest BCUT2D eigenvalue weighted by molar-refractivity contribution is -0.143. The van der Waals surface area contributed by atoms with E-state index >= 15 is 0 Å². The number of hydrogen-bond acceptors (Lipinski definition) is 7. The van der Waals surface area contributed by atoms with E-state index < -0.39 is 30.4 Å². The lowest BCUT2D eigenvalue weighted by Gasteiger charge is -2.19. The van der Waals surface area contributed by atoms with E-state index in [0.717, 1.165) is 0 Å². The number of rotatable bonds is 11. The van der Waals surface area contributed by atoms with Crippen molar-refractivity contribution in [1.29, 1.82) is 0 Å². The molecule has 0 saturated heterocycles. The van der Waals surface area contributed by atoms with E-state index in [9.17, 15) is 19.2 Å². The summed E-state index contributed by atoms with van der Waals surface area (Å²) >= 11 is 12.1. The second-order valence-electron chi connectivity index (χ2n) is 7.39. The minimum Gasteiger partial charge on any atom is -0.466 e. The van der Waals surface area contributed by atoms with Crippen LogP contribution in [0.4, 0.5) is 11.4 Å². The Labute approximate surface area is 217 Å². The van der Waals surface area contributed by atoms with E-state index in [4.69, 9.17) is 33.8 Å². The van der Waals surface area contributed by atoms with Gasteiger partial charge in [-0.15, -0.1) is 0 Å². The number of hydrazine groups is 1. The molecule has 1 atom stereocenters. The molecule has 0 aliphatic carbocycles. The summed E-state index contributed by atoms with van der Waals surface area (Å²) in [5.41, 5.74) is 3.55. The molecule has 0 heterocycles. The molecule has 0 fully saturated rings.